The van der Waals surface area contributed by atoms with Gasteiger partial charge < -0.3 is 9.47 Å². The summed E-state index contributed by atoms with van der Waals surface area (Å²) >= 11 is 1.12. The SMILES string of the molecule is N=C(SC(=N)c1ccc2c(c1)Oc1cc3c(cc1O2)C(c1ccccc1)(c1ccccc1)c1ccccc1-3)c1ccccc1. The van der Waals surface area contributed by atoms with Gasteiger partial charge in [0, 0.05) is 11.1 Å². The maximum Gasteiger partial charge on any atom is 0.170 e. The Morgan fingerprint density at radius 3 is 1.70 bits per heavy atom. The molecule has 2 N–H and O–H groups in total. The van der Waals surface area contributed by atoms with Gasteiger partial charge in [-0.15, -0.1) is 0 Å². The third kappa shape index (κ3) is 4.08. The minimum atomic E-state index is -0.521. The second-order valence-electron chi connectivity index (χ2n) is 10.9. The van der Waals surface area contributed by atoms with E-state index in [1.54, 1.807) is 0 Å². The fourth-order valence-electron chi connectivity index (χ4n) is 6.47. The molecule has 0 aromatic heterocycles. The van der Waals surface area contributed by atoms with Crippen molar-refractivity contribution in [3.05, 3.63) is 179 Å². The largest absolute Gasteiger partial charge is 0.450 e. The molecule has 0 atom stereocenters. The van der Waals surface area contributed by atoms with E-state index in [9.17, 15) is 0 Å². The molecule has 0 spiro atoms. The van der Waals surface area contributed by atoms with Gasteiger partial charge >= 0.3 is 0 Å². The third-order valence-corrected chi connectivity index (χ3v) is 9.29. The van der Waals surface area contributed by atoms with E-state index in [-0.39, 0.29) is 5.04 Å². The van der Waals surface area contributed by atoms with E-state index < -0.39 is 5.41 Å². The molecule has 6 aromatic carbocycles. The molecule has 44 heavy (non-hydrogen) atoms. The molecule has 1 aliphatic heterocycles. The molecular weight excluding hydrogens is 561 g/mol. The second-order valence-corrected chi connectivity index (χ2v) is 11.9. The molecule has 6 aromatic rings. The van der Waals surface area contributed by atoms with E-state index in [1.165, 1.54) is 22.3 Å². The molecule has 0 fully saturated rings. The van der Waals surface area contributed by atoms with Gasteiger partial charge in [-0.25, -0.2) is 0 Å². The molecule has 0 bridgehead atoms. The molecule has 0 saturated heterocycles. The van der Waals surface area contributed by atoms with Gasteiger partial charge in [0.05, 0.1) is 5.41 Å². The van der Waals surface area contributed by atoms with Crippen molar-refractivity contribution >= 4 is 21.8 Å². The Kier molecular flexibility index (Phi) is 6.21. The lowest BCUT2D eigenvalue weighted by Gasteiger charge is -2.34. The summed E-state index contributed by atoms with van der Waals surface area (Å²) in [5.41, 5.74) is 7.95. The highest BCUT2D eigenvalue weighted by Gasteiger charge is 2.47. The zero-order chi connectivity index (χ0) is 29.7. The molecule has 0 saturated carbocycles. The summed E-state index contributed by atoms with van der Waals surface area (Å²) in [4.78, 5) is 0. The van der Waals surface area contributed by atoms with E-state index in [0.29, 0.717) is 33.6 Å². The Balaban J connectivity index is 1.21. The fraction of sp³-hybridized carbons (Fsp3) is 0.0256. The van der Waals surface area contributed by atoms with Crippen molar-refractivity contribution in [1.29, 1.82) is 10.8 Å². The van der Waals surface area contributed by atoms with E-state index in [0.717, 1.165) is 28.5 Å². The summed E-state index contributed by atoms with van der Waals surface area (Å²) in [6.45, 7) is 0. The van der Waals surface area contributed by atoms with Gasteiger partial charge in [-0.2, -0.15) is 0 Å². The molecule has 0 radical (unpaired) electrons. The molecule has 0 unspecified atom stereocenters. The van der Waals surface area contributed by atoms with Crippen molar-refractivity contribution in [1.82, 2.24) is 0 Å². The smallest absolute Gasteiger partial charge is 0.170 e. The fourth-order valence-corrected chi connectivity index (χ4v) is 7.17. The summed E-state index contributed by atoms with van der Waals surface area (Å²) in [6, 6.07) is 49.2. The minimum Gasteiger partial charge on any atom is -0.450 e. The zero-order valence-electron chi connectivity index (χ0n) is 23.6. The number of benzene rings is 6. The maximum atomic E-state index is 8.69. The number of thioether (sulfide) groups is 1. The highest BCUT2D eigenvalue weighted by atomic mass is 32.2. The summed E-state index contributed by atoms with van der Waals surface area (Å²) in [7, 11) is 0. The number of nitrogens with one attached hydrogen (secondary N) is 2. The van der Waals surface area contributed by atoms with E-state index in [4.69, 9.17) is 20.3 Å². The molecule has 5 heteroatoms. The van der Waals surface area contributed by atoms with Crippen molar-refractivity contribution in [2.75, 3.05) is 0 Å². The number of hydrogen-bond acceptors (Lipinski definition) is 5. The van der Waals surface area contributed by atoms with Crippen LogP contribution in [0.3, 0.4) is 0 Å². The monoisotopic (exact) mass is 586 g/mol. The molecule has 1 heterocycles. The van der Waals surface area contributed by atoms with Crippen LogP contribution in [0, 0.1) is 10.8 Å². The van der Waals surface area contributed by atoms with Gasteiger partial charge in [0.1, 0.15) is 10.1 Å². The van der Waals surface area contributed by atoms with Gasteiger partial charge in [0.2, 0.25) is 0 Å². The second kappa shape index (κ2) is 10.4. The number of fused-ring (bicyclic) bond motifs is 5. The van der Waals surface area contributed by atoms with Crippen LogP contribution in [0.5, 0.6) is 23.0 Å². The Bertz CT molecular complexity index is 2040. The molecular formula is C39H26N2O2S. The molecule has 4 nitrogen and oxygen atoms in total. The van der Waals surface area contributed by atoms with E-state index >= 15 is 0 Å². The zero-order valence-corrected chi connectivity index (χ0v) is 24.4. The van der Waals surface area contributed by atoms with E-state index in [2.05, 4.69) is 97.1 Å². The minimum absolute atomic E-state index is 0.273. The Morgan fingerprint density at radius 2 is 1.00 bits per heavy atom. The molecule has 210 valence electrons. The molecule has 8 rings (SSSR count). The third-order valence-electron chi connectivity index (χ3n) is 8.41. The summed E-state index contributed by atoms with van der Waals surface area (Å²) < 4.78 is 13.0. The highest BCUT2D eigenvalue weighted by Crippen LogP contribution is 2.59. The summed E-state index contributed by atoms with van der Waals surface area (Å²) in [5, 5.41) is 17.7. The van der Waals surface area contributed by atoms with Crippen LogP contribution in [-0.4, -0.2) is 10.1 Å². The topological polar surface area (TPSA) is 66.2 Å². The van der Waals surface area contributed by atoms with Crippen molar-refractivity contribution in [3.8, 4) is 34.1 Å². The van der Waals surface area contributed by atoms with Crippen LogP contribution in [0.4, 0.5) is 0 Å². The molecule has 1 aliphatic carbocycles. The van der Waals surface area contributed by atoms with Crippen molar-refractivity contribution in [2.24, 2.45) is 0 Å². The lowest BCUT2D eigenvalue weighted by molar-refractivity contribution is 0.359. The van der Waals surface area contributed by atoms with Crippen LogP contribution in [0.2, 0.25) is 0 Å². The van der Waals surface area contributed by atoms with Gasteiger partial charge in [0.25, 0.3) is 0 Å². The van der Waals surface area contributed by atoms with Gasteiger partial charge in [-0.05, 0) is 63.7 Å². The Morgan fingerprint density at radius 1 is 0.455 bits per heavy atom. The predicted octanol–water partition coefficient (Wildman–Crippen LogP) is 10.0. The first-order chi connectivity index (χ1) is 21.6. The Hall–Kier alpha value is -5.39. The summed E-state index contributed by atoms with van der Waals surface area (Å²) in [5.74, 6) is 2.44. The first kappa shape index (κ1) is 26.3. The standard InChI is InChI=1S/C39H26N2O2S/c40-37(25-12-4-1-5-13-25)44-38(41)26-20-21-33-34(22-26)43-35-23-30-29-18-10-11-19-31(29)39(27-14-6-2-7-15-27,28-16-8-3-9-17-28)32(30)24-36(35)42-33/h1-24,40-41H. The van der Waals surface area contributed by atoms with Crippen LogP contribution < -0.4 is 9.47 Å². The van der Waals surface area contributed by atoms with E-state index in [1.807, 2.05) is 48.5 Å². The number of rotatable bonds is 4. The average molecular weight is 587 g/mol. The highest BCUT2D eigenvalue weighted by molar-refractivity contribution is 8.27. The predicted molar refractivity (Wildman–Crippen MR) is 178 cm³/mol. The maximum absolute atomic E-state index is 8.69. The lowest BCUT2D eigenvalue weighted by atomic mass is 9.67. The average Bonchev–Trinajstić information content (AvgIpc) is 3.37. The first-order valence-corrected chi connectivity index (χ1v) is 15.2. The van der Waals surface area contributed by atoms with Gasteiger partial charge in [-0.3, -0.25) is 10.8 Å². The van der Waals surface area contributed by atoms with Gasteiger partial charge in [0.15, 0.2) is 23.0 Å². The van der Waals surface area contributed by atoms with Crippen LogP contribution in [0.15, 0.2) is 146 Å². The Labute approximate surface area is 260 Å². The van der Waals surface area contributed by atoms with Crippen LogP contribution >= 0.6 is 11.8 Å². The van der Waals surface area contributed by atoms with Crippen LogP contribution in [-0.2, 0) is 5.41 Å². The lowest BCUT2D eigenvalue weighted by Crippen LogP contribution is -2.28. The number of hydrogen-bond donors (Lipinski definition) is 2. The number of ether oxygens (including phenoxy) is 2. The van der Waals surface area contributed by atoms with Crippen molar-refractivity contribution < 1.29 is 9.47 Å². The van der Waals surface area contributed by atoms with Crippen molar-refractivity contribution in [2.45, 2.75) is 5.41 Å². The summed E-state index contributed by atoms with van der Waals surface area (Å²) in [6.07, 6.45) is 0. The van der Waals surface area contributed by atoms with Crippen molar-refractivity contribution in [3.63, 3.8) is 0 Å². The molecule has 0 amide bonds. The molecule has 2 aliphatic rings. The quantitative estimate of drug-likeness (QED) is 0.159. The normalized spacial score (nSPS) is 13.4. The van der Waals surface area contributed by atoms with Gasteiger partial charge in [-0.1, -0.05) is 127 Å². The first-order valence-electron chi connectivity index (χ1n) is 14.4. The van der Waals surface area contributed by atoms with Crippen LogP contribution in [0.1, 0.15) is 33.4 Å². The van der Waals surface area contributed by atoms with Crippen LogP contribution in [0.25, 0.3) is 11.1 Å².